The maximum Gasteiger partial charge on any atom is 0.0207 e. The molecule has 0 spiro atoms. The predicted octanol–water partition coefficient (Wildman–Crippen LogP) is 0.408. The zero-order chi connectivity index (χ0) is 9.68. The molecule has 1 atom stereocenters. The highest BCUT2D eigenvalue weighted by molar-refractivity contribution is 4.82. The third-order valence-corrected chi connectivity index (χ3v) is 2.76. The summed E-state index contributed by atoms with van der Waals surface area (Å²) in [6.07, 6.45) is 2.39. The van der Waals surface area contributed by atoms with Crippen LogP contribution in [0.1, 0.15) is 26.7 Å². The van der Waals surface area contributed by atoms with E-state index in [0.717, 1.165) is 19.5 Å². The average molecular weight is 185 g/mol. The molecule has 0 saturated carbocycles. The van der Waals surface area contributed by atoms with E-state index in [1.807, 2.05) is 0 Å². The lowest BCUT2D eigenvalue weighted by Gasteiger charge is -2.20. The van der Waals surface area contributed by atoms with Gasteiger partial charge in [0.25, 0.3) is 0 Å². The molecule has 1 fully saturated rings. The Hall–Kier alpha value is -0.120. The molecule has 0 radical (unpaired) electrons. The van der Waals surface area contributed by atoms with Gasteiger partial charge in [-0.25, -0.2) is 0 Å². The van der Waals surface area contributed by atoms with Crippen molar-refractivity contribution in [1.82, 2.24) is 10.2 Å². The van der Waals surface area contributed by atoms with Gasteiger partial charge in [-0.15, -0.1) is 0 Å². The lowest BCUT2D eigenvalue weighted by atomic mass is 10.2. The molecular formula is C10H23N3. The molecule has 1 aliphatic heterocycles. The summed E-state index contributed by atoms with van der Waals surface area (Å²) in [7, 11) is 0. The molecule has 78 valence electrons. The lowest BCUT2D eigenvalue weighted by Crippen LogP contribution is -2.35. The summed E-state index contributed by atoms with van der Waals surface area (Å²) in [6, 6.07) is 1.40. The summed E-state index contributed by atoms with van der Waals surface area (Å²) < 4.78 is 0. The fourth-order valence-electron chi connectivity index (χ4n) is 1.83. The Balaban J connectivity index is 2.10. The number of rotatable bonds is 5. The fourth-order valence-corrected chi connectivity index (χ4v) is 1.83. The lowest BCUT2D eigenvalue weighted by molar-refractivity contribution is 0.268. The van der Waals surface area contributed by atoms with Crippen LogP contribution in [0.2, 0.25) is 0 Å². The van der Waals surface area contributed by atoms with E-state index in [0.29, 0.717) is 12.1 Å². The molecule has 13 heavy (non-hydrogen) atoms. The Morgan fingerprint density at radius 1 is 1.54 bits per heavy atom. The third kappa shape index (κ3) is 3.63. The molecule has 3 heteroatoms. The van der Waals surface area contributed by atoms with Gasteiger partial charge < -0.3 is 11.1 Å². The van der Waals surface area contributed by atoms with Crippen LogP contribution in [0.15, 0.2) is 0 Å². The van der Waals surface area contributed by atoms with Crippen LogP contribution in [-0.2, 0) is 0 Å². The first-order valence-electron chi connectivity index (χ1n) is 5.41. The molecule has 0 aromatic carbocycles. The average Bonchev–Trinajstić information content (AvgIpc) is 2.53. The zero-order valence-corrected chi connectivity index (χ0v) is 8.92. The molecule has 1 rings (SSSR count). The van der Waals surface area contributed by atoms with Crippen molar-refractivity contribution >= 4 is 0 Å². The quantitative estimate of drug-likeness (QED) is 0.610. The maximum atomic E-state index is 5.44. The predicted molar refractivity (Wildman–Crippen MR) is 56.8 cm³/mol. The van der Waals surface area contributed by atoms with E-state index >= 15 is 0 Å². The number of likely N-dealkylation sites (tertiary alicyclic amines) is 1. The van der Waals surface area contributed by atoms with Crippen LogP contribution in [0.4, 0.5) is 0 Å². The van der Waals surface area contributed by atoms with E-state index in [1.54, 1.807) is 0 Å². The van der Waals surface area contributed by atoms with Gasteiger partial charge in [0.05, 0.1) is 0 Å². The monoisotopic (exact) mass is 185 g/mol. The van der Waals surface area contributed by atoms with Crippen molar-refractivity contribution in [2.75, 3.05) is 26.2 Å². The molecule has 1 saturated heterocycles. The molecule has 0 bridgehead atoms. The summed E-state index contributed by atoms with van der Waals surface area (Å²) in [4.78, 5) is 2.53. The van der Waals surface area contributed by atoms with Crippen LogP contribution in [0.5, 0.6) is 0 Å². The van der Waals surface area contributed by atoms with Crippen molar-refractivity contribution in [1.29, 1.82) is 0 Å². The molecule has 1 aliphatic rings. The van der Waals surface area contributed by atoms with Gasteiger partial charge in [-0.2, -0.15) is 0 Å². The van der Waals surface area contributed by atoms with Crippen molar-refractivity contribution in [2.24, 2.45) is 5.73 Å². The zero-order valence-electron chi connectivity index (χ0n) is 8.92. The van der Waals surface area contributed by atoms with Crippen LogP contribution < -0.4 is 11.1 Å². The van der Waals surface area contributed by atoms with Gasteiger partial charge in [-0.3, -0.25) is 4.90 Å². The van der Waals surface area contributed by atoms with Gasteiger partial charge in [0.2, 0.25) is 0 Å². The van der Waals surface area contributed by atoms with Gasteiger partial charge in [0.15, 0.2) is 0 Å². The van der Waals surface area contributed by atoms with Crippen LogP contribution in [0.3, 0.4) is 0 Å². The SMILES string of the molecule is CC(C)N1CCC(NCCCN)C1. The van der Waals surface area contributed by atoms with Crippen LogP contribution in [-0.4, -0.2) is 43.2 Å². The molecule has 3 N–H and O–H groups in total. The highest BCUT2D eigenvalue weighted by Gasteiger charge is 2.22. The molecule has 3 nitrogen and oxygen atoms in total. The Morgan fingerprint density at radius 3 is 2.85 bits per heavy atom. The second-order valence-electron chi connectivity index (χ2n) is 4.17. The van der Waals surface area contributed by atoms with Crippen LogP contribution >= 0.6 is 0 Å². The van der Waals surface area contributed by atoms with Crippen LogP contribution in [0, 0.1) is 0 Å². The topological polar surface area (TPSA) is 41.3 Å². The van der Waals surface area contributed by atoms with E-state index in [4.69, 9.17) is 5.73 Å². The molecule has 0 aliphatic carbocycles. The minimum Gasteiger partial charge on any atom is -0.330 e. The summed E-state index contributed by atoms with van der Waals surface area (Å²) >= 11 is 0. The van der Waals surface area contributed by atoms with Crippen molar-refractivity contribution in [3.63, 3.8) is 0 Å². The summed E-state index contributed by atoms with van der Waals surface area (Å²) in [5, 5.41) is 3.55. The molecule has 1 unspecified atom stereocenters. The maximum absolute atomic E-state index is 5.44. The minimum atomic E-state index is 0.696. The van der Waals surface area contributed by atoms with Gasteiger partial charge in [0, 0.05) is 18.6 Å². The Labute approximate surface area is 81.7 Å². The Kier molecular flexibility index (Phi) is 4.70. The summed E-state index contributed by atoms with van der Waals surface area (Å²) in [5.74, 6) is 0. The smallest absolute Gasteiger partial charge is 0.0207 e. The van der Waals surface area contributed by atoms with E-state index in [-0.39, 0.29) is 0 Å². The van der Waals surface area contributed by atoms with Gasteiger partial charge in [-0.05, 0) is 46.3 Å². The van der Waals surface area contributed by atoms with E-state index in [2.05, 4.69) is 24.1 Å². The van der Waals surface area contributed by atoms with Crippen molar-refractivity contribution in [3.05, 3.63) is 0 Å². The van der Waals surface area contributed by atoms with Gasteiger partial charge in [-0.1, -0.05) is 0 Å². The number of nitrogens with two attached hydrogens (primary N) is 1. The van der Waals surface area contributed by atoms with E-state index < -0.39 is 0 Å². The van der Waals surface area contributed by atoms with Crippen molar-refractivity contribution in [2.45, 2.75) is 38.8 Å². The summed E-state index contributed by atoms with van der Waals surface area (Å²) in [5.41, 5.74) is 5.44. The van der Waals surface area contributed by atoms with Crippen molar-refractivity contribution in [3.8, 4) is 0 Å². The standard InChI is InChI=1S/C10H23N3/c1-9(2)13-7-4-10(8-13)12-6-3-5-11/h9-10,12H,3-8,11H2,1-2H3. The highest BCUT2D eigenvalue weighted by atomic mass is 15.2. The van der Waals surface area contributed by atoms with Gasteiger partial charge in [0.1, 0.15) is 0 Å². The molecule has 1 heterocycles. The number of nitrogens with one attached hydrogen (secondary N) is 1. The minimum absolute atomic E-state index is 0.696. The second-order valence-corrected chi connectivity index (χ2v) is 4.17. The Morgan fingerprint density at radius 2 is 2.31 bits per heavy atom. The van der Waals surface area contributed by atoms with Crippen molar-refractivity contribution < 1.29 is 0 Å². The Bertz CT molecular complexity index is 136. The molecular weight excluding hydrogens is 162 g/mol. The first-order chi connectivity index (χ1) is 6.24. The highest BCUT2D eigenvalue weighted by Crippen LogP contribution is 2.11. The molecule has 0 aromatic heterocycles. The first kappa shape index (κ1) is 11.0. The fraction of sp³-hybridized carbons (Fsp3) is 1.00. The third-order valence-electron chi connectivity index (χ3n) is 2.76. The van der Waals surface area contributed by atoms with Gasteiger partial charge >= 0.3 is 0 Å². The molecule has 0 amide bonds. The molecule has 0 aromatic rings. The second kappa shape index (κ2) is 5.58. The normalized spacial score (nSPS) is 24.5. The number of hydrogen-bond acceptors (Lipinski definition) is 3. The largest absolute Gasteiger partial charge is 0.330 e. The van der Waals surface area contributed by atoms with E-state index in [9.17, 15) is 0 Å². The summed E-state index contributed by atoms with van der Waals surface area (Å²) in [6.45, 7) is 8.87. The van der Waals surface area contributed by atoms with E-state index in [1.165, 1.54) is 19.5 Å². The number of hydrogen-bond donors (Lipinski definition) is 2. The van der Waals surface area contributed by atoms with Crippen LogP contribution in [0.25, 0.3) is 0 Å². The first-order valence-corrected chi connectivity index (χ1v) is 5.41. The number of nitrogens with zero attached hydrogens (tertiary/aromatic N) is 1.